The lowest BCUT2D eigenvalue weighted by molar-refractivity contribution is -0.142. The van der Waals surface area contributed by atoms with Gasteiger partial charge in [0.15, 0.2) is 0 Å². The Hall–Kier alpha value is -2.01. The predicted octanol–water partition coefficient (Wildman–Crippen LogP) is 6.35. The summed E-state index contributed by atoms with van der Waals surface area (Å²) in [5, 5.41) is 13.5. The zero-order valence-electron chi connectivity index (χ0n) is 20.2. The number of rotatable bonds is 6. The highest BCUT2D eigenvalue weighted by Gasteiger charge is 2.45. The average molecular weight is 461 g/mol. The molecule has 2 amide bonds. The summed E-state index contributed by atoms with van der Waals surface area (Å²) in [5.41, 5.74) is 2.63. The summed E-state index contributed by atoms with van der Waals surface area (Å²) < 4.78 is 0. The van der Waals surface area contributed by atoms with Crippen LogP contribution in [0.3, 0.4) is 0 Å². The number of carboxylic acids is 1. The first-order chi connectivity index (χ1) is 14.8. The van der Waals surface area contributed by atoms with Crippen molar-refractivity contribution >= 4 is 23.6 Å². The minimum Gasteiger partial charge on any atom is -0.481 e. The van der Waals surface area contributed by atoms with E-state index in [1.807, 2.05) is 19.2 Å². The molecule has 176 valence electrons. The zero-order chi connectivity index (χ0) is 23.8. The Balaban J connectivity index is 1.95. The Morgan fingerprint density at radius 2 is 2.00 bits per heavy atom. The maximum absolute atomic E-state index is 13.2. The Bertz CT molecular complexity index is 918. The second kappa shape index (κ2) is 9.09. The van der Waals surface area contributed by atoms with Crippen LogP contribution < -0.4 is 5.32 Å². The summed E-state index contributed by atoms with van der Waals surface area (Å²) in [6.07, 6.45) is 5.98. The van der Waals surface area contributed by atoms with E-state index in [0.29, 0.717) is 12.8 Å². The molecule has 5 nitrogen and oxygen atoms in total. The van der Waals surface area contributed by atoms with Gasteiger partial charge in [0.2, 0.25) is 0 Å². The number of nitrogens with one attached hydrogen (secondary N) is 1. The fourth-order valence-electron chi connectivity index (χ4n) is 5.03. The van der Waals surface area contributed by atoms with Gasteiger partial charge in [-0.3, -0.25) is 9.69 Å². The number of aliphatic carboxylic acids is 1. The minimum atomic E-state index is -0.828. The maximum Gasteiger partial charge on any atom is 0.322 e. The Kier molecular flexibility index (Phi) is 6.99. The third-order valence-corrected chi connectivity index (χ3v) is 7.35. The van der Waals surface area contributed by atoms with Crippen LogP contribution in [-0.4, -0.2) is 28.0 Å². The van der Waals surface area contributed by atoms with Gasteiger partial charge in [-0.15, -0.1) is 0 Å². The fraction of sp³-hybridized carbons (Fsp3) is 0.615. The molecule has 0 aromatic heterocycles. The number of nitrogens with zero attached hydrogens (tertiary/aromatic N) is 1. The zero-order valence-corrected chi connectivity index (χ0v) is 20.9. The van der Waals surface area contributed by atoms with E-state index in [9.17, 15) is 14.7 Å². The number of hydrogen-bond acceptors (Lipinski definition) is 2. The van der Waals surface area contributed by atoms with Crippen LogP contribution in [0.4, 0.5) is 4.79 Å². The van der Waals surface area contributed by atoms with Gasteiger partial charge in [-0.25, -0.2) is 4.79 Å². The van der Waals surface area contributed by atoms with Crippen molar-refractivity contribution in [3.63, 3.8) is 0 Å². The first-order valence-corrected chi connectivity index (χ1v) is 12.1. The molecule has 1 fully saturated rings. The molecule has 0 saturated heterocycles. The van der Waals surface area contributed by atoms with E-state index in [0.717, 1.165) is 41.0 Å². The summed E-state index contributed by atoms with van der Waals surface area (Å²) in [5.74, 6) is -1.19. The molecule has 1 saturated carbocycles. The molecular formula is C26H37ClN2O3. The van der Waals surface area contributed by atoms with Crippen molar-refractivity contribution in [2.24, 2.45) is 17.3 Å². The summed E-state index contributed by atoms with van der Waals surface area (Å²) in [4.78, 5) is 26.6. The number of carboxylic acid groups (broad SMARTS) is 1. The largest absolute Gasteiger partial charge is 0.481 e. The number of amides is 2. The minimum absolute atomic E-state index is 0.159. The predicted molar refractivity (Wildman–Crippen MR) is 129 cm³/mol. The van der Waals surface area contributed by atoms with Crippen LogP contribution in [0.25, 0.3) is 0 Å². The van der Waals surface area contributed by atoms with Gasteiger partial charge >= 0.3 is 12.0 Å². The highest BCUT2D eigenvalue weighted by Crippen LogP contribution is 2.41. The topological polar surface area (TPSA) is 69.6 Å². The van der Waals surface area contributed by atoms with E-state index >= 15 is 0 Å². The van der Waals surface area contributed by atoms with Crippen LogP contribution in [0.1, 0.15) is 78.4 Å². The molecule has 2 N–H and O–H groups in total. The monoisotopic (exact) mass is 460 g/mol. The van der Waals surface area contributed by atoms with Gasteiger partial charge in [0.25, 0.3) is 0 Å². The van der Waals surface area contributed by atoms with Crippen molar-refractivity contribution in [1.29, 1.82) is 0 Å². The van der Waals surface area contributed by atoms with Crippen molar-refractivity contribution in [1.82, 2.24) is 10.2 Å². The summed E-state index contributed by atoms with van der Waals surface area (Å²) in [7, 11) is 0. The maximum atomic E-state index is 13.2. The number of halogens is 1. The smallest absolute Gasteiger partial charge is 0.322 e. The molecule has 0 unspecified atom stereocenters. The number of carbonyl (C=O) groups is 2. The van der Waals surface area contributed by atoms with E-state index in [-0.39, 0.29) is 23.4 Å². The molecule has 3 atom stereocenters. The molecule has 6 heteroatoms. The number of benzene rings is 1. The third-order valence-electron chi connectivity index (χ3n) is 7.00. The molecule has 2 aliphatic rings. The van der Waals surface area contributed by atoms with Crippen LogP contribution in [0, 0.1) is 17.3 Å². The van der Waals surface area contributed by atoms with Crippen molar-refractivity contribution in [3.05, 3.63) is 46.1 Å². The van der Waals surface area contributed by atoms with E-state index in [2.05, 4.69) is 52.1 Å². The molecular weight excluding hydrogens is 424 g/mol. The molecule has 1 aromatic carbocycles. The Morgan fingerprint density at radius 1 is 1.31 bits per heavy atom. The van der Waals surface area contributed by atoms with Crippen molar-refractivity contribution in [3.8, 4) is 0 Å². The molecule has 0 radical (unpaired) electrons. The van der Waals surface area contributed by atoms with Crippen LogP contribution in [0.2, 0.25) is 5.02 Å². The second-order valence-corrected chi connectivity index (χ2v) is 11.4. The lowest BCUT2D eigenvalue weighted by atomic mass is 9.77. The van der Waals surface area contributed by atoms with Crippen molar-refractivity contribution in [2.75, 3.05) is 0 Å². The van der Waals surface area contributed by atoms with Crippen molar-refractivity contribution < 1.29 is 14.7 Å². The van der Waals surface area contributed by atoms with E-state index in [4.69, 9.17) is 11.6 Å². The average Bonchev–Trinajstić information content (AvgIpc) is 3.15. The van der Waals surface area contributed by atoms with Crippen molar-refractivity contribution in [2.45, 2.75) is 85.2 Å². The molecule has 1 aliphatic carbocycles. The quantitative estimate of drug-likeness (QED) is 0.519. The Labute approximate surface area is 197 Å². The van der Waals surface area contributed by atoms with Gasteiger partial charge in [-0.05, 0) is 66.7 Å². The number of aryl methyl sites for hydroxylation is 1. The van der Waals surface area contributed by atoms with Gasteiger partial charge in [0.05, 0.1) is 17.5 Å². The molecule has 3 rings (SSSR count). The first-order valence-electron chi connectivity index (χ1n) is 11.7. The van der Waals surface area contributed by atoms with Gasteiger partial charge in [0.1, 0.15) is 0 Å². The van der Waals surface area contributed by atoms with Gasteiger partial charge in [0, 0.05) is 11.2 Å². The molecule has 1 aliphatic heterocycles. The third kappa shape index (κ3) is 4.98. The van der Waals surface area contributed by atoms with Crippen LogP contribution in [-0.2, 0) is 16.8 Å². The van der Waals surface area contributed by atoms with Gasteiger partial charge in [-0.2, -0.15) is 0 Å². The SMILES string of the molecule is CC(C)C1=CN([C@@H]2CCC[C@@H]2C(=O)O)C(=O)N[C@@]1(C)c1ccc(CCC(C)(C)C)c(Cl)c1. The van der Waals surface area contributed by atoms with E-state index in [1.165, 1.54) is 0 Å². The Morgan fingerprint density at radius 3 is 2.56 bits per heavy atom. The highest BCUT2D eigenvalue weighted by atomic mass is 35.5. The van der Waals surface area contributed by atoms with E-state index < -0.39 is 17.4 Å². The molecule has 1 aromatic rings. The summed E-state index contributed by atoms with van der Waals surface area (Å²) in [6.45, 7) is 12.9. The molecule has 1 heterocycles. The van der Waals surface area contributed by atoms with Crippen LogP contribution >= 0.6 is 11.6 Å². The first kappa shape index (κ1) is 24.6. The van der Waals surface area contributed by atoms with Crippen LogP contribution in [0.5, 0.6) is 0 Å². The summed E-state index contributed by atoms with van der Waals surface area (Å²) >= 11 is 6.68. The number of urea groups is 1. The second-order valence-electron chi connectivity index (χ2n) is 11.0. The normalized spacial score (nSPS) is 26.3. The molecule has 0 bridgehead atoms. The fourth-order valence-corrected chi connectivity index (χ4v) is 5.31. The van der Waals surface area contributed by atoms with Gasteiger partial charge < -0.3 is 10.4 Å². The lowest BCUT2D eigenvalue weighted by Gasteiger charge is -2.44. The van der Waals surface area contributed by atoms with Crippen LogP contribution in [0.15, 0.2) is 30.0 Å². The lowest BCUT2D eigenvalue weighted by Crippen LogP contribution is -2.57. The standard InChI is InChI=1S/C26H37ClN2O3/c1-16(2)20-15-29(22-9-7-8-19(22)23(30)31)24(32)28-26(20,6)18-11-10-17(21(27)14-18)12-13-25(3,4)5/h10-11,14-16,19,22H,7-9,12-13H2,1-6H3,(H,28,32)(H,30,31)/t19-,22+,26-/m0/s1. The molecule has 0 spiro atoms. The van der Waals surface area contributed by atoms with E-state index in [1.54, 1.807) is 4.90 Å². The number of carbonyl (C=O) groups excluding carboxylic acids is 1. The van der Waals surface area contributed by atoms with Gasteiger partial charge in [-0.1, -0.05) is 64.8 Å². The number of hydrogen-bond donors (Lipinski definition) is 2. The summed E-state index contributed by atoms with van der Waals surface area (Å²) in [6, 6.07) is 5.55. The molecule has 32 heavy (non-hydrogen) atoms. The highest BCUT2D eigenvalue weighted by molar-refractivity contribution is 6.31.